The average molecular weight is 381 g/mol. The van der Waals surface area contributed by atoms with E-state index in [4.69, 9.17) is 4.74 Å². The molecule has 1 aliphatic heterocycles. The number of aliphatic hydroxyl groups is 1. The molecule has 1 heterocycles. The molecule has 2 fully saturated rings. The van der Waals surface area contributed by atoms with E-state index in [1.165, 1.54) is 0 Å². The molecule has 7 heteroatoms. The minimum atomic E-state index is -1.20. The highest BCUT2D eigenvalue weighted by molar-refractivity contribution is 7.90. The van der Waals surface area contributed by atoms with Gasteiger partial charge in [0.05, 0.1) is 12.1 Å². The molecule has 1 aliphatic carbocycles. The fourth-order valence-corrected chi connectivity index (χ4v) is 4.66. The van der Waals surface area contributed by atoms with E-state index in [-0.39, 0.29) is 28.9 Å². The van der Waals surface area contributed by atoms with E-state index in [9.17, 15) is 14.5 Å². The molecular formula is C19H28N2O4S. The molecule has 0 aromatic heterocycles. The number of hydrogen-bond donors (Lipinski definition) is 2. The Bertz CT molecular complexity index is 628. The number of amides is 1. The van der Waals surface area contributed by atoms with Crippen molar-refractivity contribution in [2.24, 2.45) is 5.41 Å². The van der Waals surface area contributed by atoms with E-state index in [1.807, 2.05) is 51.1 Å². The first kappa shape index (κ1) is 19.5. The minimum Gasteiger partial charge on any atom is -0.598 e. The number of carbonyl (C=O) groups excluding carboxylic acids is 1. The first-order chi connectivity index (χ1) is 12.2. The number of likely N-dealkylation sites (tertiary alicyclic amines) is 1. The molecule has 1 saturated carbocycles. The maximum atomic E-state index is 12.4. The normalized spacial score (nSPS) is 25.8. The zero-order valence-electron chi connectivity index (χ0n) is 15.6. The van der Waals surface area contributed by atoms with Crippen molar-refractivity contribution >= 4 is 17.5 Å². The first-order valence-corrected chi connectivity index (χ1v) is 10.2. The van der Waals surface area contributed by atoms with Crippen LogP contribution in [0.2, 0.25) is 0 Å². The van der Waals surface area contributed by atoms with Gasteiger partial charge >= 0.3 is 6.09 Å². The number of nitrogens with zero attached hydrogens (tertiary/aromatic N) is 1. The molecule has 1 spiro atoms. The Balaban J connectivity index is 1.54. The zero-order chi connectivity index (χ0) is 18.9. The molecule has 26 heavy (non-hydrogen) atoms. The number of carbonyl (C=O) groups is 1. The van der Waals surface area contributed by atoms with Crippen molar-refractivity contribution in [1.29, 1.82) is 0 Å². The monoisotopic (exact) mass is 380 g/mol. The second-order valence-electron chi connectivity index (χ2n) is 8.40. The van der Waals surface area contributed by atoms with Gasteiger partial charge in [-0.25, -0.2) is 4.79 Å². The quantitative estimate of drug-likeness (QED) is 0.782. The van der Waals surface area contributed by atoms with Gasteiger partial charge in [-0.2, -0.15) is 0 Å². The number of rotatable bonds is 4. The Morgan fingerprint density at radius 2 is 2.04 bits per heavy atom. The molecule has 1 saturated heterocycles. The molecule has 2 aliphatic rings. The summed E-state index contributed by atoms with van der Waals surface area (Å²) in [6, 6.07) is 9.52. The van der Waals surface area contributed by atoms with Gasteiger partial charge in [-0.1, -0.05) is 30.3 Å². The number of ether oxygens (including phenoxy) is 1. The summed E-state index contributed by atoms with van der Waals surface area (Å²) in [5, 5.41) is 10.1. The van der Waals surface area contributed by atoms with E-state index in [2.05, 4.69) is 4.72 Å². The van der Waals surface area contributed by atoms with Gasteiger partial charge in [0.1, 0.15) is 11.4 Å². The molecule has 3 atom stereocenters. The van der Waals surface area contributed by atoms with Gasteiger partial charge in [0.15, 0.2) is 0 Å². The third kappa shape index (κ3) is 4.17. The zero-order valence-corrected chi connectivity index (χ0v) is 16.4. The maximum absolute atomic E-state index is 12.4. The third-order valence-electron chi connectivity index (χ3n) is 5.17. The molecule has 0 bridgehead atoms. The van der Waals surface area contributed by atoms with Crippen molar-refractivity contribution in [2.75, 3.05) is 13.1 Å². The lowest BCUT2D eigenvalue weighted by atomic mass is 9.75. The topological polar surface area (TPSA) is 84.9 Å². The number of nitrogens with one attached hydrogen (secondary N) is 1. The lowest BCUT2D eigenvalue weighted by Gasteiger charge is -2.50. The smallest absolute Gasteiger partial charge is 0.410 e. The van der Waals surface area contributed by atoms with Crippen LogP contribution in [0.5, 0.6) is 0 Å². The van der Waals surface area contributed by atoms with Crippen molar-refractivity contribution in [2.45, 2.75) is 57.1 Å². The molecule has 1 amide bonds. The number of hydrogen-bond acceptors (Lipinski definition) is 5. The van der Waals surface area contributed by atoms with Crippen LogP contribution in [0, 0.1) is 5.41 Å². The van der Waals surface area contributed by atoms with Crippen LogP contribution in [0.1, 0.15) is 39.2 Å². The van der Waals surface area contributed by atoms with Crippen molar-refractivity contribution in [3.05, 3.63) is 35.9 Å². The molecule has 1 aromatic rings. The fourth-order valence-electron chi connectivity index (χ4n) is 3.70. The highest BCUT2D eigenvalue weighted by Crippen LogP contribution is 2.46. The van der Waals surface area contributed by atoms with Crippen molar-refractivity contribution in [3.63, 3.8) is 0 Å². The second-order valence-corrected chi connectivity index (χ2v) is 10.4. The summed E-state index contributed by atoms with van der Waals surface area (Å²) in [5.41, 5.74) is 0.735. The Morgan fingerprint density at radius 1 is 1.38 bits per heavy atom. The van der Waals surface area contributed by atoms with E-state index < -0.39 is 17.5 Å². The van der Waals surface area contributed by atoms with E-state index in [1.54, 1.807) is 4.90 Å². The Hall–Kier alpha value is -1.28. The lowest BCUT2D eigenvalue weighted by molar-refractivity contribution is -0.0187. The highest BCUT2D eigenvalue weighted by Gasteiger charge is 2.57. The summed E-state index contributed by atoms with van der Waals surface area (Å²) in [6.45, 7) is 7.06. The molecule has 3 rings (SSSR count). The molecular weight excluding hydrogens is 352 g/mol. The first-order valence-electron chi connectivity index (χ1n) is 9.01. The fraction of sp³-hybridized carbons (Fsp3) is 0.632. The van der Waals surface area contributed by atoms with Crippen LogP contribution in [0.3, 0.4) is 0 Å². The molecule has 1 aromatic carbocycles. The Labute approximate surface area is 158 Å². The van der Waals surface area contributed by atoms with Gasteiger partial charge in [-0.15, -0.1) is 4.72 Å². The van der Waals surface area contributed by atoms with Gasteiger partial charge < -0.3 is 19.3 Å². The van der Waals surface area contributed by atoms with Crippen molar-refractivity contribution in [3.8, 4) is 0 Å². The van der Waals surface area contributed by atoms with E-state index in [0.717, 1.165) is 5.56 Å². The summed E-state index contributed by atoms with van der Waals surface area (Å²) in [6.07, 6.45) is 0.423. The second kappa shape index (κ2) is 7.38. The summed E-state index contributed by atoms with van der Waals surface area (Å²) >= 11 is -1.20. The summed E-state index contributed by atoms with van der Waals surface area (Å²) in [7, 11) is 0. The molecule has 144 valence electrons. The van der Waals surface area contributed by atoms with Crippen LogP contribution in [0.4, 0.5) is 4.79 Å². The third-order valence-corrected chi connectivity index (χ3v) is 6.78. The van der Waals surface area contributed by atoms with E-state index in [0.29, 0.717) is 25.9 Å². The van der Waals surface area contributed by atoms with Crippen LogP contribution in [-0.4, -0.2) is 50.6 Å². The number of aliphatic hydroxyl groups excluding tert-OH is 1. The average Bonchev–Trinajstić information content (AvgIpc) is 2.87. The van der Waals surface area contributed by atoms with Crippen LogP contribution < -0.4 is 4.72 Å². The Morgan fingerprint density at radius 3 is 2.65 bits per heavy atom. The molecule has 2 N–H and O–H groups in total. The van der Waals surface area contributed by atoms with E-state index >= 15 is 0 Å². The number of benzene rings is 1. The molecule has 6 nitrogen and oxygen atoms in total. The van der Waals surface area contributed by atoms with Gasteiger partial charge in [0.2, 0.25) is 0 Å². The predicted molar refractivity (Wildman–Crippen MR) is 101 cm³/mol. The van der Waals surface area contributed by atoms with Crippen molar-refractivity contribution in [1.82, 2.24) is 9.62 Å². The molecule has 0 radical (unpaired) electrons. The molecule has 1 unspecified atom stereocenters. The van der Waals surface area contributed by atoms with Gasteiger partial charge in [0.25, 0.3) is 0 Å². The van der Waals surface area contributed by atoms with Crippen molar-refractivity contribution < 1.29 is 19.2 Å². The minimum absolute atomic E-state index is 0.0595. The van der Waals surface area contributed by atoms with Crippen LogP contribution >= 0.6 is 0 Å². The summed E-state index contributed by atoms with van der Waals surface area (Å²) in [5.74, 6) is 0. The largest absolute Gasteiger partial charge is 0.598 e. The Kier molecular flexibility index (Phi) is 5.53. The van der Waals surface area contributed by atoms with Gasteiger partial charge in [0, 0.05) is 29.9 Å². The maximum Gasteiger partial charge on any atom is 0.410 e. The summed E-state index contributed by atoms with van der Waals surface area (Å²) < 4.78 is 20.6. The highest BCUT2D eigenvalue weighted by atomic mass is 32.2. The van der Waals surface area contributed by atoms with Crippen LogP contribution in [-0.2, 0) is 22.7 Å². The van der Waals surface area contributed by atoms with Gasteiger partial charge in [-0.05, 0) is 39.2 Å². The standard InChI is InChI=1S/C19H28N2O4S/c1-18(2,3)26(24)20-16-9-15(22)10-19(16)12-21(13-19)17(23)25-11-14-7-5-4-6-8-14/h4-8,15-16,20,22H,9-13H2,1-3H3/t15-,16+,26?/m0/s1. The van der Waals surface area contributed by atoms with Gasteiger partial charge in [-0.3, -0.25) is 0 Å². The lowest BCUT2D eigenvalue weighted by Crippen LogP contribution is -2.65. The summed E-state index contributed by atoms with van der Waals surface area (Å²) in [4.78, 5) is 13.9. The van der Waals surface area contributed by atoms with Crippen LogP contribution in [0.15, 0.2) is 30.3 Å². The SMILES string of the molecule is CC(C)(C)[S+]([O-])N[C@@H]1C[C@H](O)CC12CN(C(=O)OCc1ccccc1)C2. The van der Waals surface area contributed by atoms with Crippen LogP contribution in [0.25, 0.3) is 0 Å². The predicted octanol–water partition coefficient (Wildman–Crippen LogP) is 2.20.